The smallest absolute Gasteiger partial charge is 0.234 e. The largest absolute Gasteiger partial charge is 0.493 e. The molecule has 5 heteroatoms. The molecule has 0 saturated carbocycles. The van der Waals surface area contributed by atoms with Crippen LogP contribution in [0.25, 0.3) is 0 Å². The summed E-state index contributed by atoms with van der Waals surface area (Å²) in [5.41, 5.74) is 12.8. The lowest BCUT2D eigenvalue weighted by atomic mass is 10.1. The topological polar surface area (TPSA) is 113 Å². The van der Waals surface area contributed by atoms with Gasteiger partial charge in [-0.05, 0) is 25.5 Å². The van der Waals surface area contributed by atoms with E-state index in [1.807, 2.05) is 32.0 Å². The molecule has 0 aliphatic carbocycles. The summed E-state index contributed by atoms with van der Waals surface area (Å²) in [6, 6.07) is 5.31. The van der Waals surface area contributed by atoms with Crippen LogP contribution in [-0.4, -0.2) is 18.6 Å². The molecule has 1 amide bonds. The number of primary amides is 1. The predicted octanol–water partition coefficient (Wildman–Crippen LogP) is 1.05. The van der Waals surface area contributed by atoms with Gasteiger partial charge in [0.25, 0.3) is 0 Å². The van der Waals surface area contributed by atoms with Crippen LogP contribution in [0.5, 0.6) is 5.75 Å². The zero-order chi connectivity index (χ0) is 12.1. The van der Waals surface area contributed by atoms with Gasteiger partial charge in [-0.25, -0.2) is 0 Å². The molecule has 7 N–H and O–H groups in total. The Balaban J connectivity index is 0.00000256. The van der Waals surface area contributed by atoms with E-state index in [9.17, 15) is 4.79 Å². The van der Waals surface area contributed by atoms with Gasteiger partial charge < -0.3 is 22.4 Å². The van der Waals surface area contributed by atoms with Gasteiger partial charge >= 0.3 is 0 Å². The monoisotopic (exact) mass is 239 g/mol. The van der Waals surface area contributed by atoms with Crippen LogP contribution in [0.15, 0.2) is 18.2 Å². The molecular formula is C12H21N3O2. The van der Waals surface area contributed by atoms with Crippen molar-refractivity contribution in [1.82, 2.24) is 6.15 Å². The normalized spacial score (nSPS) is 11.5. The van der Waals surface area contributed by atoms with Crippen molar-refractivity contribution in [3.8, 4) is 5.75 Å². The highest BCUT2D eigenvalue weighted by Crippen LogP contribution is 2.18. The van der Waals surface area contributed by atoms with Crippen molar-refractivity contribution >= 4 is 5.91 Å². The molecule has 1 atom stereocenters. The van der Waals surface area contributed by atoms with E-state index in [1.54, 1.807) is 0 Å². The number of carbonyl (C=O) groups excluding carboxylic acids is 1. The van der Waals surface area contributed by atoms with Crippen LogP contribution >= 0.6 is 0 Å². The van der Waals surface area contributed by atoms with Crippen molar-refractivity contribution in [3.63, 3.8) is 0 Å². The van der Waals surface area contributed by atoms with E-state index < -0.39 is 11.9 Å². The molecule has 1 rings (SSSR count). The summed E-state index contributed by atoms with van der Waals surface area (Å²) in [5.74, 6) is 0.325. The first-order valence-corrected chi connectivity index (χ1v) is 5.25. The quantitative estimate of drug-likeness (QED) is 0.712. The van der Waals surface area contributed by atoms with Gasteiger partial charge in [-0.2, -0.15) is 0 Å². The van der Waals surface area contributed by atoms with Crippen LogP contribution in [0, 0.1) is 13.8 Å². The Kier molecular flexibility index (Phi) is 6.23. The Hall–Kier alpha value is -1.59. The van der Waals surface area contributed by atoms with Gasteiger partial charge in [-0.3, -0.25) is 4.79 Å². The minimum atomic E-state index is -0.634. The Morgan fingerprint density at radius 1 is 1.41 bits per heavy atom. The second-order valence-corrected chi connectivity index (χ2v) is 3.91. The minimum absolute atomic E-state index is 0. The first kappa shape index (κ1) is 15.4. The summed E-state index contributed by atoms with van der Waals surface area (Å²) >= 11 is 0. The predicted molar refractivity (Wildman–Crippen MR) is 68.2 cm³/mol. The molecular weight excluding hydrogens is 218 g/mol. The van der Waals surface area contributed by atoms with E-state index in [0.717, 1.165) is 11.3 Å². The Labute approximate surface area is 102 Å². The number of ether oxygens (including phenoxy) is 1. The standard InChI is InChI=1S/C12H18N2O2.H3N/c1-8-3-4-11(9(2)7-8)16-6-5-10(13)12(14)15;/h3-4,7,10H,5-6,13H2,1-2H3,(H2,14,15);1H3/t10-;/m1./s1. The number of hydrogen-bond donors (Lipinski definition) is 3. The summed E-state index contributed by atoms with van der Waals surface area (Å²) in [6.45, 7) is 4.41. The van der Waals surface area contributed by atoms with Gasteiger partial charge in [-0.1, -0.05) is 17.7 Å². The average molecular weight is 239 g/mol. The minimum Gasteiger partial charge on any atom is -0.493 e. The molecule has 0 radical (unpaired) electrons. The third kappa shape index (κ3) is 4.84. The maximum absolute atomic E-state index is 10.7. The lowest BCUT2D eigenvalue weighted by molar-refractivity contribution is -0.119. The van der Waals surface area contributed by atoms with E-state index in [1.165, 1.54) is 5.56 Å². The summed E-state index contributed by atoms with van der Waals surface area (Å²) < 4.78 is 5.52. The van der Waals surface area contributed by atoms with Gasteiger partial charge in [0.05, 0.1) is 12.6 Å². The number of carbonyl (C=O) groups is 1. The SMILES string of the molecule is Cc1ccc(OCC[C@@H](N)C(N)=O)c(C)c1.N. The Morgan fingerprint density at radius 3 is 2.59 bits per heavy atom. The maximum Gasteiger partial charge on any atom is 0.234 e. The van der Waals surface area contributed by atoms with Crippen LogP contribution in [0.2, 0.25) is 0 Å². The third-order valence-corrected chi connectivity index (χ3v) is 2.38. The van der Waals surface area contributed by atoms with Crippen LogP contribution < -0.4 is 22.4 Å². The molecule has 0 aliphatic rings. The molecule has 5 nitrogen and oxygen atoms in total. The van der Waals surface area contributed by atoms with Crippen LogP contribution in [0.3, 0.4) is 0 Å². The van der Waals surface area contributed by atoms with E-state index in [2.05, 4.69) is 0 Å². The Morgan fingerprint density at radius 2 is 2.06 bits per heavy atom. The third-order valence-electron chi connectivity index (χ3n) is 2.38. The Bertz CT molecular complexity index is 380. The number of nitrogens with two attached hydrogens (primary N) is 2. The van der Waals surface area contributed by atoms with Gasteiger partial charge in [-0.15, -0.1) is 0 Å². The summed E-state index contributed by atoms with van der Waals surface area (Å²) in [7, 11) is 0. The van der Waals surface area contributed by atoms with E-state index in [-0.39, 0.29) is 6.15 Å². The molecule has 96 valence electrons. The van der Waals surface area contributed by atoms with Crippen molar-refractivity contribution < 1.29 is 9.53 Å². The number of amides is 1. The zero-order valence-corrected chi connectivity index (χ0v) is 10.4. The average Bonchev–Trinajstić information content (AvgIpc) is 2.20. The molecule has 0 bridgehead atoms. The van der Waals surface area contributed by atoms with Crippen LogP contribution in [0.1, 0.15) is 17.5 Å². The highest BCUT2D eigenvalue weighted by molar-refractivity contribution is 5.79. The van der Waals surface area contributed by atoms with Crippen molar-refractivity contribution in [2.24, 2.45) is 11.5 Å². The van der Waals surface area contributed by atoms with Gasteiger partial charge in [0.1, 0.15) is 5.75 Å². The maximum atomic E-state index is 10.7. The fraction of sp³-hybridized carbons (Fsp3) is 0.417. The fourth-order valence-electron chi connectivity index (χ4n) is 1.40. The van der Waals surface area contributed by atoms with Crippen molar-refractivity contribution in [3.05, 3.63) is 29.3 Å². The van der Waals surface area contributed by atoms with Gasteiger partial charge in [0, 0.05) is 6.42 Å². The molecule has 0 aromatic heterocycles. The molecule has 0 aliphatic heterocycles. The molecule has 0 unspecified atom stereocenters. The second-order valence-electron chi connectivity index (χ2n) is 3.91. The molecule has 1 aromatic rings. The van der Waals surface area contributed by atoms with E-state index in [4.69, 9.17) is 16.2 Å². The molecule has 0 heterocycles. The fourth-order valence-corrected chi connectivity index (χ4v) is 1.40. The highest BCUT2D eigenvalue weighted by Gasteiger charge is 2.09. The van der Waals surface area contributed by atoms with Gasteiger partial charge in [0.15, 0.2) is 0 Å². The van der Waals surface area contributed by atoms with Crippen molar-refractivity contribution in [1.29, 1.82) is 0 Å². The summed E-state index contributed by atoms with van der Waals surface area (Å²) in [5, 5.41) is 0. The van der Waals surface area contributed by atoms with Crippen LogP contribution in [-0.2, 0) is 4.79 Å². The van der Waals surface area contributed by atoms with E-state index in [0.29, 0.717) is 13.0 Å². The molecule has 0 fully saturated rings. The van der Waals surface area contributed by atoms with Crippen molar-refractivity contribution in [2.75, 3.05) is 6.61 Å². The zero-order valence-electron chi connectivity index (χ0n) is 10.4. The van der Waals surface area contributed by atoms with Gasteiger partial charge in [0.2, 0.25) is 5.91 Å². The lowest BCUT2D eigenvalue weighted by Crippen LogP contribution is -2.37. The van der Waals surface area contributed by atoms with E-state index >= 15 is 0 Å². The molecule has 0 saturated heterocycles. The first-order chi connectivity index (χ1) is 7.50. The highest BCUT2D eigenvalue weighted by atomic mass is 16.5. The lowest BCUT2D eigenvalue weighted by Gasteiger charge is -2.11. The molecule has 0 spiro atoms. The summed E-state index contributed by atoms with van der Waals surface area (Å²) in [6.07, 6.45) is 0.433. The number of hydrogen-bond acceptors (Lipinski definition) is 4. The molecule has 17 heavy (non-hydrogen) atoms. The number of rotatable bonds is 5. The number of aryl methyl sites for hydroxylation is 2. The summed E-state index contributed by atoms with van der Waals surface area (Å²) in [4.78, 5) is 10.7. The molecule has 1 aromatic carbocycles. The van der Waals surface area contributed by atoms with Crippen molar-refractivity contribution in [2.45, 2.75) is 26.3 Å². The second kappa shape index (κ2) is 6.88. The first-order valence-electron chi connectivity index (χ1n) is 5.25. The van der Waals surface area contributed by atoms with Crippen LogP contribution in [0.4, 0.5) is 0 Å². The number of benzene rings is 1.